The molecule has 3 rings (SSSR count). The van der Waals surface area contributed by atoms with Crippen molar-refractivity contribution in [3.63, 3.8) is 0 Å². The Kier molecular flexibility index (Phi) is 5.26. The minimum atomic E-state index is -0.667. The zero-order valence-corrected chi connectivity index (χ0v) is 14.2. The molecule has 0 bridgehead atoms. The summed E-state index contributed by atoms with van der Waals surface area (Å²) < 4.78 is 36.5. The van der Waals surface area contributed by atoms with Crippen LogP contribution in [-0.4, -0.2) is 11.9 Å². The Balaban J connectivity index is 1.77. The highest BCUT2D eigenvalue weighted by Gasteiger charge is 2.15. The van der Waals surface area contributed by atoms with Gasteiger partial charge in [-0.1, -0.05) is 6.07 Å². The molecule has 4 nitrogen and oxygen atoms in total. The van der Waals surface area contributed by atoms with Crippen LogP contribution in [0.15, 0.2) is 66.7 Å². The van der Waals surface area contributed by atoms with Crippen LogP contribution in [0.4, 0.5) is 8.78 Å². The van der Waals surface area contributed by atoms with E-state index in [4.69, 9.17) is 9.47 Å². The van der Waals surface area contributed by atoms with Gasteiger partial charge in [-0.05, 0) is 67.6 Å². The van der Waals surface area contributed by atoms with Crippen LogP contribution in [0.2, 0.25) is 0 Å². The number of ether oxygens (including phenoxy) is 2. The van der Waals surface area contributed by atoms with Gasteiger partial charge in [-0.2, -0.15) is 0 Å². The fourth-order valence-corrected chi connectivity index (χ4v) is 2.30. The highest BCUT2D eigenvalue weighted by Crippen LogP contribution is 2.28. The molecular formula is C21H14F2O4. The van der Waals surface area contributed by atoms with Crippen molar-refractivity contribution in [3.8, 4) is 11.5 Å². The molecule has 136 valence electrons. The van der Waals surface area contributed by atoms with E-state index in [0.29, 0.717) is 5.56 Å². The smallest absolute Gasteiger partial charge is 0.343 e. The molecular weight excluding hydrogens is 354 g/mol. The lowest BCUT2D eigenvalue weighted by molar-refractivity contribution is 0.0730. The summed E-state index contributed by atoms with van der Waals surface area (Å²) in [5.74, 6) is -1.85. The molecule has 0 aliphatic carbocycles. The first-order valence-electron chi connectivity index (χ1n) is 7.99. The zero-order valence-electron chi connectivity index (χ0n) is 14.2. The van der Waals surface area contributed by atoms with E-state index in [1.54, 1.807) is 25.1 Å². The molecule has 0 aliphatic heterocycles. The van der Waals surface area contributed by atoms with Gasteiger partial charge in [-0.25, -0.2) is 18.4 Å². The number of halogens is 2. The van der Waals surface area contributed by atoms with Gasteiger partial charge in [0.15, 0.2) is 0 Å². The Hall–Kier alpha value is -3.54. The number of hydrogen-bond acceptors (Lipinski definition) is 4. The third-order valence-corrected chi connectivity index (χ3v) is 3.80. The van der Waals surface area contributed by atoms with Gasteiger partial charge in [0, 0.05) is 5.56 Å². The minimum Gasteiger partial charge on any atom is -0.423 e. The molecule has 0 N–H and O–H groups in total. The van der Waals surface area contributed by atoms with E-state index in [1.807, 2.05) is 0 Å². The van der Waals surface area contributed by atoms with Gasteiger partial charge in [-0.15, -0.1) is 0 Å². The number of carbonyl (C=O) groups is 2. The maximum Gasteiger partial charge on any atom is 0.343 e. The zero-order chi connectivity index (χ0) is 19.4. The second kappa shape index (κ2) is 7.78. The molecule has 0 atom stereocenters. The van der Waals surface area contributed by atoms with E-state index in [-0.39, 0.29) is 22.6 Å². The summed E-state index contributed by atoms with van der Waals surface area (Å²) in [7, 11) is 0. The Labute approximate surface area is 154 Å². The Bertz CT molecular complexity index is 902. The fraction of sp³-hybridized carbons (Fsp3) is 0.0476. The number of carbonyl (C=O) groups excluding carboxylic acids is 2. The lowest BCUT2D eigenvalue weighted by atomic mass is 10.2. The predicted octanol–water partition coefficient (Wildman–Crippen LogP) is 4.71. The Morgan fingerprint density at radius 2 is 1.04 bits per heavy atom. The van der Waals surface area contributed by atoms with Crippen LogP contribution in [0, 0.1) is 18.6 Å². The molecule has 0 amide bonds. The molecule has 3 aromatic rings. The lowest BCUT2D eigenvalue weighted by Crippen LogP contribution is -2.12. The summed E-state index contributed by atoms with van der Waals surface area (Å²) in [6, 6.07) is 14.5. The highest BCUT2D eigenvalue weighted by atomic mass is 19.1. The van der Waals surface area contributed by atoms with Crippen LogP contribution in [0.5, 0.6) is 11.5 Å². The lowest BCUT2D eigenvalue weighted by Gasteiger charge is -2.12. The third-order valence-electron chi connectivity index (χ3n) is 3.80. The van der Waals surface area contributed by atoms with E-state index in [1.165, 1.54) is 24.3 Å². The first-order valence-corrected chi connectivity index (χ1v) is 7.99. The second-order valence-electron chi connectivity index (χ2n) is 5.67. The van der Waals surface area contributed by atoms with Crippen LogP contribution >= 0.6 is 0 Å². The molecule has 0 aromatic heterocycles. The van der Waals surface area contributed by atoms with Crippen molar-refractivity contribution in [1.29, 1.82) is 0 Å². The summed E-state index contributed by atoms with van der Waals surface area (Å²) >= 11 is 0. The van der Waals surface area contributed by atoms with Crippen molar-refractivity contribution in [3.05, 3.63) is 95.1 Å². The molecule has 0 saturated carbocycles. The van der Waals surface area contributed by atoms with Crippen molar-refractivity contribution < 1.29 is 27.8 Å². The van der Waals surface area contributed by atoms with Gasteiger partial charge in [-0.3, -0.25) is 0 Å². The van der Waals surface area contributed by atoms with E-state index in [9.17, 15) is 18.4 Å². The molecule has 0 aliphatic rings. The first-order chi connectivity index (χ1) is 12.9. The van der Waals surface area contributed by atoms with Crippen molar-refractivity contribution in [2.24, 2.45) is 0 Å². The van der Waals surface area contributed by atoms with Crippen LogP contribution < -0.4 is 9.47 Å². The molecule has 0 spiro atoms. The number of hydrogen-bond donors (Lipinski definition) is 0. The normalized spacial score (nSPS) is 10.3. The van der Waals surface area contributed by atoms with Crippen LogP contribution in [0.25, 0.3) is 0 Å². The molecule has 0 heterocycles. The molecule has 6 heteroatoms. The number of esters is 2. The maximum absolute atomic E-state index is 13.0. The van der Waals surface area contributed by atoms with Gasteiger partial charge in [0.2, 0.25) is 0 Å². The van der Waals surface area contributed by atoms with Gasteiger partial charge in [0.1, 0.15) is 23.1 Å². The van der Waals surface area contributed by atoms with E-state index in [2.05, 4.69) is 0 Å². The summed E-state index contributed by atoms with van der Waals surface area (Å²) in [6.07, 6.45) is 0. The van der Waals surface area contributed by atoms with Crippen LogP contribution in [0.1, 0.15) is 26.3 Å². The quantitative estimate of drug-likeness (QED) is 0.494. The molecule has 0 fully saturated rings. The maximum atomic E-state index is 13.0. The van der Waals surface area contributed by atoms with Crippen molar-refractivity contribution in [1.82, 2.24) is 0 Å². The van der Waals surface area contributed by atoms with Crippen LogP contribution in [0.3, 0.4) is 0 Å². The Morgan fingerprint density at radius 3 is 1.41 bits per heavy atom. The van der Waals surface area contributed by atoms with E-state index in [0.717, 1.165) is 24.3 Å². The molecule has 3 aromatic carbocycles. The molecule has 0 saturated heterocycles. The standard InChI is InChI=1S/C21H14F2O4/c1-13-18(26-20(24)14-5-9-16(22)10-6-14)3-2-4-19(13)27-21(25)15-7-11-17(23)12-8-15/h2-12H,1H3. The topological polar surface area (TPSA) is 52.6 Å². The predicted molar refractivity (Wildman–Crippen MR) is 93.9 cm³/mol. The molecule has 0 unspecified atom stereocenters. The number of rotatable bonds is 4. The third kappa shape index (κ3) is 4.36. The second-order valence-corrected chi connectivity index (χ2v) is 5.67. The first kappa shape index (κ1) is 18.3. The van der Waals surface area contributed by atoms with Crippen LogP contribution in [-0.2, 0) is 0 Å². The SMILES string of the molecule is Cc1c(OC(=O)c2ccc(F)cc2)cccc1OC(=O)c1ccc(F)cc1. The van der Waals surface area contributed by atoms with Crippen molar-refractivity contribution >= 4 is 11.9 Å². The highest BCUT2D eigenvalue weighted by molar-refractivity contribution is 5.92. The fourth-order valence-electron chi connectivity index (χ4n) is 2.30. The van der Waals surface area contributed by atoms with Gasteiger partial charge in [0.25, 0.3) is 0 Å². The molecule has 27 heavy (non-hydrogen) atoms. The monoisotopic (exact) mass is 368 g/mol. The average molecular weight is 368 g/mol. The summed E-state index contributed by atoms with van der Waals surface area (Å²) in [5, 5.41) is 0. The van der Waals surface area contributed by atoms with E-state index < -0.39 is 23.6 Å². The van der Waals surface area contributed by atoms with Gasteiger partial charge >= 0.3 is 11.9 Å². The molecule has 0 radical (unpaired) electrons. The van der Waals surface area contributed by atoms with Crippen molar-refractivity contribution in [2.45, 2.75) is 6.92 Å². The van der Waals surface area contributed by atoms with Crippen molar-refractivity contribution in [2.75, 3.05) is 0 Å². The number of benzene rings is 3. The summed E-state index contributed by atoms with van der Waals surface area (Å²) in [4.78, 5) is 24.4. The average Bonchev–Trinajstić information content (AvgIpc) is 2.66. The largest absolute Gasteiger partial charge is 0.423 e. The minimum absolute atomic E-state index is 0.185. The van der Waals surface area contributed by atoms with Gasteiger partial charge < -0.3 is 9.47 Å². The van der Waals surface area contributed by atoms with E-state index >= 15 is 0 Å². The van der Waals surface area contributed by atoms with Gasteiger partial charge in [0.05, 0.1) is 11.1 Å². The summed E-state index contributed by atoms with van der Waals surface area (Å²) in [6.45, 7) is 1.63. The summed E-state index contributed by atoms with van der Waals surface area (Å²) in [5.41, 5.74) is 0.803. The Morgan fingerprint density at radius 1 is 0.667 bits per heavy atom.